The van der Waals surface area contributed by atoms with Crippen LogP contribution in [-0.2, 0) is 4.79 Å². The molecule has 23 heavy (non-hydrogen) atoms. The minimum Gasteiger partial charge on any atom is -0.493 e. The Kier molecular flexibility index (Phi) is 5.93. The number of hydrogen-bond acceptors (Lipinski definition) is 4. The fourth-order valence-corrected chi connectivity index (χ4v) is 2.90. The van der Waals surface area contributed by atoms with Crippen LogP contribution in [0.15, 0.2) is 47.4 Å². The summed E-state index contributed by atoms with van der Waals surface area (Å²) in [7, 11) is 3.15. The summed E-state index contributed by atoms with van der Waals surface area (Å²) >= 11 is 1.53. The highest BCUT2D eigenvalue weighted by molar-refractivity contribution is 8.00. The number of ether oxygens (including phenoxy) is 2. The number of aryl methyl sites for hydroxylation is 1. The van der Waals surface area contributed by atoms with E-state index in [1.54, 1.807) is 32.4 Å². The van der Waals surface area contributed by atoms with E-state index in [-0.39, 0.29) is 11.2 Å². The molecule has 0 aromatic heterocycles. The number of thioether (sulfide) groups is 1. The summed E-state index contributed by atoms with van der Waals surface area (Å²) in [6.07, 6.45) is 0. The molecule has 2 aromatic carbocycles. The SMILES string of the molecule is COc1ccc(NC(=O)[C@@H](C)Sc2ccc(C)cc2)cc1OC. The van der Waals surface area contributed by atoms with Crippen LogP contribution >= 0.6 is 11.8 Å². The van der Waals surface area contributed by atoms with Gasteiger partial charge in [0.1, 0.15) is 0 Å². The lowest BCUT2D eigenvalue weighted by atomic mass is 10.2. The molecule has 0 saturated carbocycles. The van der Waals surface area contributed by atoms with Crippen molar-refractivity contribution in [1.82, 2.24) is 0 Å². The van der Waals surface area contributed by atoms with Crippen LogP contribution in [0.1, 0.15) is 12.5 Å². The first-order chi connectivity index (χ1) is 11.0. The summed E-state index contributed by atoms with van der Waals surface area (Å²) in [5.74, 6) is 1.17. The molecule has 0 unspecified atom stereocenters. The average molecular weight is 331 g/mol. The number of rotatable bonds is 6. The first-order valence-corrected chi connectivity index (χ1v) is 8.17. The molecule has 0 saturated heterocycles. The number of anilines is 1. The third-order valence-electron chi connectivity index (χ3n) is 3.35. The van der Waals surface area contributed by atoms with Crippen molar-refractivity contribution in [3.63, 3.8) is 0 Å². The van der Waals surface area contributed by atoms with Gasteiger partial charge in [-0.25, -0.2) is 0 Å². The number of hydrogen-bond donors (Lipinski definition) is 1. The molecule has 2 rings (SSSR count). The Morgan fingerprint density at radius 2 is 1.70 bits per heavy atom. The molecular weight excluding hydrogens is 310 g/mol. The van der Waals surface area contributed by atoms with Gasteiger partial charge in [0.2, 0.25) is 5.91 Å². The van der Waals surface area contributed by atoms with E-state index in [0.29, 0.717) is 17.2 Å². The second-order valence-corrected chi connectivity index (χ2v) is 6.55. The van der Waals surface area contributed by atoms with Gasteiger partial charge in [-0.15, -0.1) is 11.8 Å². The van der Waals surface area contributed by atoms with E-state index in [2.05, 4.69) is 5.32 Å². The van der Waals surface area contributed by atoms with E-state index in [1.807, 2.05) is 38.1 Å². The lowest BCUT2D eigenvalue weighted by molar-refractivity contribution is -0.115. The van der Waals surface area contributed by atoms with Gasteiger partial charge in [-0.05, 0) is 38.1 Å². The fraction of sp³-hybridized carbons (Fsp3) is 0.278. The smallest absolute Gasteiger partial charge is 0.237 e. The second-order valence-electron chi connectivity index (χ2n) is 5.13. The lowest BCUT2D eigenvalue weighted by Gasteiger charge is -2.14. The van der Waals surface area contributed by atoms with Crippen molar-refractivity contribution in [3.05, 3.63) is 48.0 Å². The van der Waals surface area contributed by atoms with Crippen molar-refractivity contribution in [3.8, 4) is 11.5 Å². The summed E-state index contributed by atoms with van der Waals surface area (Å²) in [5, 5.41) is 2.70. The maximum atomic E-state index is 12.3. The molecule has 0 radical (unpaired) electrons. The number of amides is 1. The first kappa shape index (κ1) is 17.2. The summed E-state index contributed by atoms with van der Waals surface area (Å²) < 4.78 is 10.4. The van der Waals surface area contributed by atoms with Crippen molar-refractivity contribution < 1.29 is 14.3 Å². The van der Waals surface area contributed by atoms with E-state index >= 15 is 0 Å². The molecule has 0 bridgehead atoms. The van der Waals surface area contributed by atoms with Crippen LogP contribution in [0.4, 0.5) is 5.69 Å². The molecular formula is C18H21NO3S. The van der Waals surface area contributed by atoms with E-state index < -0.39 is 0 Å². The van der Waals surface area contributed by atoms with Crippen LogP contribution in [-0.4, -0.2) is 25.4 Å². The molecule has 4 nitrogen and oxygen atoms in total. The Bertz CT molecular complexity index is 670. The zero-order valence-corrected chi connectivity index (χ0v) is 14.6. The Morgan fingerprint density at radius 3 is 2.30 bits per heavy atom. The predicted molar refractivity (Wildman–Crippen MR) is 94.7 cm³/mol. The van der Waals surface area contributed by atoms with Crippen LogP contribution < -0.4 is 14.8 Å². The topological polar surface area (TPSA) is 47.6 Å². The molecule has 2 aromatic rings. The highest BCUT2D eigenvalue weighted by Gasteiger charge is 2.15. The summed E-state index contributed by atoms with van der Waals surface area (Å²) in [5.41, 5.74) is 1.89. The van der Waals surface area contributed by atoms with Crippen molar-refractivity contribution >= 4 is 23.4 Å². The van der Waals surface area contributed by atoms with E-state index in [9.17, 15) is 4.79 Å². The molecule has 0 heterocycles. The maximum Gasteiger partial charge on any atom is 0.237 e. The normalized spacial score (nSPS) is 11.7. The third-order valence-corrected chi connectivity index (χ3v) is 4.47. The second kappa shape index (κ2) is 7.92. The fourth-order valence-electron chi connectivity index (χ4n) is 2.03. The number of carbonyl (C=O) groups is 1. The van der Waals surface area contributed by atoms with Gasteiger partial charge in [-0.1, -0.05) is 17.7 Å². The summed E-state index contributed by atoms with van der Waals surface area (Å²) in [6.45, 7) is 3.93. The molecule has 1 atom stereocenters. The van der Waals surface area contributed by atoms with E-state index in [4.69, 9.17) is 9.47 Å². The van der Waals surface area contributed by atoms with Crippen LogP contribution in [0.25, 0.3) is 0 Å². The zero-order valence-electron chi connectivity index (χ0n) is 13.8. The molecule has 0 spiro atoms. The van der Waals surface area contributed by atoms with Crippen LogP contribution in [0, 0.1) is 6.92 Å². The van der Waals surface area contributed by atoms with Crippen LogP contribution in [0.3, 0.4) is 0 Å². The minimum absolute atomic E-state index is 0.0530. The van der Waals surface area contributed by atoms with Crippen molar-refractivity contribution in [2.75, 3.05) is 19.5 Å². The summed E-state index contributed by atoms with van der Waals surface area (Å²) in [4.78, 5) is 13.4. The first-order valence-electron chi connectivity index (χ1n) is 7.29. The highest BCUT2D eigenvalue weighted by Crippen LogP contribution is 2.30. The molecule has 122 valence electrons. The number of nitrogens with one attached hydrogen (secondary N) is 1. The predicted octanol–water partition coefficient (Wildman–Crippen LogP) is 4.13. The van der Waals surface area contributed by atoms with Gasteiger partial charge in [0.25, 0.3) is 0 Å². The molecule has 1 N–H and O–H groups in total. The van der Waals surface area contributed by atoms with Gasteiger partial charge in [-0.2, -0.15) is 0 Å². The van der Waals surface area contributed by atoms with Gasteiger partial charge >= 0.3 is 0 Å². The number of carbonyl (C=O) groups excluding carboxylic acids is 1. The van der Waals surface area contributed by atoms with Gasteiger partial charge < -0.3 is 14.8 Å². The Labute approximate surface area is 141 Å². The standard InChI is InChI=1S/C18H21NO3S/c1-12-5-8-15(9-6-12)23-13(2)18(20)19-14-7-10-16(21-3)17(11-14)22-4/h5-11,13H,1-4H3,(H,19,20)/t13-/m1/s1. The molecule has 0 fully saturated rings. The van der Waals surface area contributed by atoms with Crippen LogP contribution in [0.5, 0.6) is 11.5 Å². The Hall–Kier alpha value is -2.14. The zero-order chi connectivity index (χ0) is 16.8. The molecule has 0 aliphatic rings. The Morgan fingerprint density at radius 1 is 1.04 bits per heavy atom. The van der Waals surface area contributed by atoms with Crippen molar-refractivity contribution in [1.29, 1.82) is 0 Å². The van der Waals surface area contributed by atoms with Crippen molar-refractivity contribution in [2.24, 2.45) is 0 Å². The minimum atomic E-state index is -0.203. The number of methoxy groups -OCH3 is 2. The third kappa shape index (κ3) is 4.66. The van der Waals surface area contributed by atoms with Gasteiger partial charge in [0.05, 0.1) is 19.5 Å². The molecule has 0 aliphatic carbocycles. The van der Waals surface area contributed by atoms with Gasteiger partial charge in [-0.3, -0.25) is 4.79 Å². The highest BCUT2D eigenvalue weighted by atomic mass is 32.2. The van der Waals surface area contributed by atoms with Crippen molar-refractivity contribution in [2.45, 2.75) is 24.0 Å². The summed E-state index contributed by atoms with van der Waals surface area (Å²) in [6, 6.07) is 13.5. The molecule has 1 amide bonds. The Balaban J connectivity index is 2.01. The number of benzene rings is 2. The van der Waals surface area contributed by atoms with Gasteiger partial charge in [0.15, 0.2) is 11.5 Å². The monoisotopic (exact) mass is 331 g/mol. The van der Waals surface area contributed by atoms with E-state index in [1.165, 1.54) is 17.3 Å². The molecule has 0 aliphatic heterocycles. The quantitative estimate of drug-likeness (QED) is 0.809. The average Bonchev–Trinajstić information content (AvgIpc) is 2.56. The van der Waals surface area contributed by atoms with Gasteiger partial charge in [0, 0.05) is 16.6 Å². The largest absolute Gasteiger partial charge is 0.493 e. The maximum absolute atomic E-state index is 12.3. The van der Waals surface area contributed by atoms with E-state index in [0.717, 1.165) is 4.90 Å². The lowest BCUT2D eigenvalue weighted by Crippen LogP contribution is -2.22. The molecule has 5 heteroatoms. The van der Waals surface area contributed by atoms with Crippen LogP contribution in [0.2, 0.25) is 0 Å².